The number of dihydropyridines is 1. The van der Waals surface area contributed by atoms with Crippen LogP contribution in [0.4, 0.5) is 5.69 Å². The van der Waals surface area contributed by atoms with Crippen LogP contribution in [0.5, 0.6) is 0 Å². The van der Waals surface area contributed by atoms with Crippen LogP contribution in [0.3, 0.4) is 0 Å². The molecule has 0 saturated carbocycles. The van der Waals surface area contributed by atoms with Crippen molar-refractivity contribution in [3.05, 3.63) is 62.5 Å². The first-order chi connectivity index (χ1) is 13.1. The predicted octanol–water partition coefficient (Wildman–Crippen LogP) is 2.02. The van der Waals surface area contributed by atoms with Gasteiger partial charge in [0.05, 0.1) is 22.0 Å². The lowest BCUT2D eigenvalue weighted by Gasteiger charge is -2.29. The van der Waals surface area contributed by atoms with Crippen molar-refractivity contribution >= 4 is 17.6 Å². The molecule has 1 aliphatic heterocycles. The number of likely N-dealkylation sites (N-methyl/N-ethyl adjacent to an activating group) is 1. The van der Waals surface area contributed by atoms with E-state index in [-0.39, 0.29) is 23.4 Å². The number of benzene rings is 1. The van der Waals surface area contributed by atoms with E-state index < -0.39 is 22.8 Å². The van der Waals surface area contributed by atoms with Crippen LogP contribution in [0.25, 0.3) is 0 Å². The largest absolute Gasteiger partial charge is 0.478 e. The summed E-state index contributed by atoms with van der Waals surface area (Å²) >= 11 is 0. The van der Waals surface area contributed by atoms with Crippen molar-refractivity contribution in [2.45, 2.75) is 19.8 Å². The molecule has 0 aliphatic carbocycles. The number of hydrogen-bond acceptors (Lipinski definition) is 7. The third kappa shape index (κ3) is 4.55. The fourth-order valence-corrected chi connectivity index (χ4v) is 3.07. The van der Waals surface area contributed by atoms with Crippen LogP contribution in [-0.4, -0.2) is 54.1 Å². The van der Waals surface area contributed by atoms with Crippen molar-refractivity contribution < 1.29 is 24.4 Å². The quantitative estimate of drug-likeness (QED) is 0.413. The minimum atomic E-state index is -1.18. The SMILES string of the molecule is CC1=C(C(=O)O)[C@H](c2ccc([N+](=O)[O-])cc2)C(C(=O)OCCN(C)C)=C(C)N1. The molecule has 0 saturated heterocycles. The fourth-order valence-electron chi connectivity index (χ4n) is 3.07. The molecule has 2 rings (SSSR count). The van der Waals surface area contributed by atoms with Gasteiger partial charge in [-0.3, -0.25) is 10.1 Å². The van der Waals surface area contributed by atoms with Crippen molar-refractivity contribution in [2.75, 3.05) is 27.2 Å². The topological polar surface area (TPSA) is 122 Å². The summed E-state index contributed by atoms with van der Waals surface area (Å²) in [6.07, 6.45) is 0. The zero-order chi connectivity index (χ0) is 21.0. The van der Waals surface area contributed by atoms with E-state index in [1.54, 1.807) is 13.8 Å². The van der Waals surface area contributed by atoms with Gasteiger partial charge in [-0.25, -0.2) is 9.59 Å². The van der Waals surface area contributed by atoms with Crippen molar-refractivity contribution in [1.82, 2.24) is 10.2 Å². The maximum Gasteiger partial charge on any atom is 0.336 e. The van der Waals surface area contributed by atoms with Crippen LogP contribution in [-0.2, 0) is 14.3 Å². The summed E-state index contributed by atoms with van der Waals surface area (Å²) in [6, 6.07) is 5.50. The van der Waals surface area contributed by atoms with Crippen LogP contribution in [0.15, 0.2) is 46.8 Å². The Balaban J connectivity index is 2.48. The van der Waals surface area contributed by atoms with Gasteiger partial charge in [0.15, 0.2) is 0 Å². The minimum absolute atomic E-state index is 0.000914. The third-order valence-corrected chi connectivity index (χ3v) is 4.42. The summed E-state index contributed by atoms with van der Waals surface area (Å²) in [5.41, 5.74) is 1.40. The number of allylic oxidation sites excluding steroid dienone is 2. The molecule has 1 aliphatic rings. The highest BCUT2D eigenvalue weighted by atomic mass is 16.6. The number of rotatable bonds is 7. The first-order valence-electron chi connectivity index (χ1n) is 8.61. The average molecular weight is 389 g/mol. The highest BCUT2D eigenvalue weighted by molar-refractivity contribution is 5.99. The van der Waals surface area contributed by atoms with Gasteiger partial charge in [-0.2, -0.15) is 0 Å². The summed E-state index contributed by atoms with van der Waals surface area (Å²) in [6.45, 7) is 3.96. The summed E-state index contributed by atoms with van der Waals surface area (Å²) in [7, 11) is 3.68. The number of nitro groups is 1. The van der Waals surface area contributed by atoms with E-state index in [9.17, 15) is 24.8 Å². The molecular formula is C19H23N3O6. The second-order valence-corrected chi connectivity index (χ2v) is 6.73. The molecule has 0 spiro atoms. The molecule has 9 nitrogen and oxygen atoms in total. The molecule has 9 heteroatoms. The molecular weight excluding hydrogens is 366 g/mol. The summed E-state index contributed by atoms with van der Waals surface area (Å²) in [5, 5.41) is 23.6. The van der Waals surface area contributed by atoms with Crippen LogP contribution >= 0.6 is 0 Å². The van der Waals surface area contributed by atoms with Gasteiger partial charge in [-0.05, 0) is 33.5 Å². The highest BCUT2D eigenvalue weighted by Gasteiger charge is 2.37. The third-order valence-electron chi connectivity index (χ3n) is 4.42. The Labute approximate surface area is 162 Å². The Morgan fingerprint density at radius 2 is 1.75 bits per heavy atom. The number of carboxylic acid groups (broad SMARTS) is 1. The Hall–Kier alpha value is -3.20. The molecule has 0 radical (unpaired) electrons. The summed E-state index contributed by atoms with van der Waals surface area (Å²) < 4.78 is 5.34. The standard InChI is InChI=1S/C19H23N3O6/c1-11-15(18(23)24)17(13-5-7-14(8-6-13)22(26)27)16(12(2)20-11)19(25)28-10-9-21(3)4/h5-8,17,20H,9-10H2,1-4H3,(H,23,24)/t17-/m0/s1. The second-order valence-electron chi connectivity index (χ2n) is 6.73. The number of aliphatic carboxylic acids is 1. The molecule has 2 N–H and O–H groups in total. The number of carbonyl (C=O) groups excluding carboxylic acids is 1. The van der Waals surface area contributed by atoms with E-state index in [0.717, 1.165) is 0 Å². The molecule has 0 fully saturated rings. The zero-order valence-corrected chi connectivity index (χ0v) is 16.2. The van der Waals surface area contributed by atoms with Gasteiger partial charge in [-0.1, -0.05) is 12.1 Å². The Morgan fingerprint density at radius 3 is 2.25 bits per heavy atom. The Bertz CT molecular complexity index is 855. The maximum absolute atomic E-state index is 12.8. The average Bonchev–Trinajstić information content (AvgIpc) is 2.60. The highest BCUT2D eigenvalue weighted by Crippen LogP contribution is 2.39. The van der Waals surface area contributed by atoms with Crippen molar-refractivity contribution in [1.29, 1.82) is 0 Å². The van der Waals surface area contributed by atoms with Gasteiger partial charge in [0.1, 0.15) is 6.61 Å². The van der Waals surface area contributed by atoms with Crippen LogP contribution in [0.2, 0.25) is 0 Å². The summed E-state index contributed by atoms with van der Waals surface area (Å²) in [4.78, 5) is 36.9. The molecule has 1 aromatic carbocycles. The van der Waals surface area contributed by atoms with E-state index in [1.165, 1.54) is 24.3 Å². The molecule has 1 heterocycles. The van der Waals surface area contributed by atoms with Gasteiger partial charge in [0.25, 0.3) is 5.69 Å². The maximum atomic E-state index is 12.8. The molecule has 0 unspecified atom stereocenters. The Morgan fingerprint density at radius 1 is 1.18 bits per heavy atom. The van der Waals surface area contributed by atoms with Crippen molar-refractivity contribution in [2.24, 2.45) is 0 Å². The molecule has 28 heavy (non-hydrogen) atoms. The molecule has 0 aromatic heterocycles. The lowest BCUT2D eigenvalue weighted by Crippen LogP contribution is -2.32. The predicted molar refractivity (Wildman–Crippen MR) is 102 cm³/mol. The number of carboxylic acids is 1. The summed E-state index contributed by atoms with van der Waals surface area (Å²) in [5.74, 6) is -2.70. The molecule has 0 bridgehead atoms. The molecule has 1 atom stereocenters. The van der Waals surface area contributed by atoms with E-state index in [2.05, 4.69) is 5.32 Å². The first kappa shape index (κ1) is 21.1. The smallest absolute Gasteiger partial charge is 0.336 e. The minimum Gasteiger partial charge on any atom is -0.478 e. The van der Waals surface area contributed by atoms with Gasteiger partial charge in [0.2, 0.25) is 0 Å². The number of hydrogen-bond donors (Lipinski definition) is 2. The van der Waals surface area contributed by atoms with E-state index in [4.69, 9.17) is 4.74 Å². The van der Waals surface area contributed by atoms with Crippen molar-refractivity contribution in [3.8, 4) is 0 Å². The number of nitrogens with zero attached hydrogens (tertiary/aromatic N) is 2. The number of non-ortho nitro benzene ring substituents is 1. The van der Waals surface area contributed by atoms with Crippen molar-refractivity contribution in [3.63, 3.8) is 0 Å². The number of nitro benzene ring substituents is 1. The van der Waals surface area contributed by atoms with Crippen LogP contribution < -0.4 is 5.32 Å². The van der Waals surface area contributed by atoms with E-state index in [1.807, 2.05) is 19.0 Å². The van der Waals surface area contributed by atoms with Crippen LogP contribution in [0.1, 0.15) is 25.3 Å². The van der Waals surface area contributed by atoms with E-state index in [0.29, 0.717) is 23.5 Å². The number of ether oxygens (including phenoxy) is 1. The normalized spacial score (nSPS) is 16.8. The van der Waals surface area contributed by atoms with Gasteiger partial charge in [-0.15, -0.1) is 0 Å². The number of nitrogens with one attached hydrogen (secondary N) is 1. The second kappa shape index (κ2) is 8.66. The number of esters is 1. The lowest BCUT2D eigenvalue weighted by atomic mass is 9.80. The molecule has 0 amide bonds. The Kier molecular flexibility index (Phi) is 6.53. The van der Waals surface area contributed by atoms with Gasteiger partial charge >= 0.3 is 11.9 Å². The molecule has 150 valence electrons. The zero-order valence-electron chi connectivity index (χ0n) is 16.2. The van der Waals surface area contributed by atoms with Gasteiger partial charge in [0, 0.05) is 30.1 Å². The first-order valence-corrected chi connectivity index (χ1v) is 8.61. The number of carbonyl (C=O) groups is 2. The van der Waals surface area contributed by atoms with E-state index >= 15 is 0 Å². The fraction of sp³-hybridized carbons (Fsp3) is 0.368. The lowest BCUT2D eigenvalue weighted by molar-refractivity contribution is -0.384. The van der Waals surface area contributed by atoms with Crippen LogP contribution in [0, 0.1) is 10.1 Å². The monoisotopic (exact) mass is 389 g/mol. The van der Waals surface area contributed by atoms with Gasteiger partial charge < -0.3 is 20.1 Å². The molecule has 1 aromatic rings.